The number of hydrogen-bond acceptors (Lipinski definition) is 3. The molecule has 0 unspecified atom stereocenters. The van der Waals surface area contributed by atoms with Crippen LogP contribution >= 0.6 is 25.1 Å². The molecule has 0 radical (unpaired) electrons. The lowest BCUT2D eigenvalue weighted by Gasteiger charge is -1.69. The minimum absolute atomic E-state index is 0. The van der Waals surface area contributed by atoms with Gasteiger partial charge in [0.25, 0.3) is 0 Å². The fourth-order valence-corrected chi connectivity index (χ4v) is 0. The van der Waals surface area contributed by atoms with Crippen LogP contribution in [0.4, 0.5) is 0 Å². The molecule has 0 spiro atoms. The molecule has 0 rings (SSSR count). The van der Waals surface area contributed by atoms with Crippen LogP contribution in [0.3, 0.4) is 0 Å². The zero-order valence-corrected chi connectivity index (χ0v) is 7.63. The van der Waals surface area contributed by atoms with E-state index in [2.05, 4.69) is 0 Å². The van der Waals surface area contributed by atoms with Crippen molar-refractivity contribution in [3.63, 3.8) is 0 Å². The van der Waals surface area contributed by atoms with Gasteiger partial charge in [0.05, 0.1) is 0 Å². The third-order valence-corrected chi connectivity index (χ3v) is 0.343. The first-order valence-electron chi connectivity index (χ1n) is 1.75. The van der Waals surface area contributed by atoms with E-state index in [1.54, 1.807) is 0 Å². The standard InChI is InChI=1S/C2H3ClO2.H2O4S.H2S/c3-1-2(4)5;1-5(2,3)4;/h1H2,(H,4,5);(H2,1,2,3,4);1H2. The van der Waals surface area contributed by atoms with Crippen LogP contribution in [-0.2, 0) is 15.2 Å². The fraction of sp³-hybridized carbons (Fsp3) is 0.500. The quantitative estimate of drug-likeness (QED) is 0.421. The third-order valence-electron chi connectivity index (χ3n) is 0.114. The number of alkyl halides is 1. The summed E-state index contributed by atoms with van der Waals surface area (Å²) in [7, 11) is -4.67. The van der Waals surface area contributed by atoms with Crippen molar-refractivity contribution in [2.45, 2.75) is 0 Å². The summed E-state index contributed by atoms with van der Waals surface area (Å²) in [6, 6.07) is 0. The molecule has 0 heterocycles. The number of rotatable bonds is 1. The Balaban J connectivity index is -0.000000107. The summed E-state index contributed by atoms with van der Waals surface area (Å²) in [5.74, 6) is -1.29. The molecule has 0 saturated carbocycles. The van der Waals surface area contributed by atoms with Crippen molar-refractivity contribution in [2.24, 2.45) is 0 Å². The Hall–Kier alpha value is -0.0200. The van der Waals surface area contributed by atoms with Gasteiger partial charge in [-0.1, -0.05) is 0 Å². The van der Waals surface area contributed by atoms with Gasteiger partial charge in [-0.25, -0.2) is 0 Å². The molecule has 0 aromatic rings. The van der Waals surface area contributed by atoms with Crippen molar-refractivity contribution in [3.05, 3.63) is 0 Å². The Morgan fingerprint density at radius 1 is 1.36 bits per heavy atom. The van der Waals surface area contributed by atoms with Crippen molar-refractivity contribution >= 4 is 41.5 Å². The molecular weight excluding hydrogens is 220 g/mol. The largest absolute Gasteiger partial charge is 0.480 e. The van der Waals surface area contributed by atoms with Gasteiger partial charge in [-0.3, -0.25) is 13.9 Å². The molecule has 9 heteroatoms. The molecule has 0 aliphatic carbocycles. The van der Waals surface area contributed by atoms with E-state index in [9.17, 15) is 4.79 Å². The summed E-state index contributed by atoms with van der Waals surface area (Å²) in [5.41, 5.74) is 0. The molecule has 0 aliphatic rings. The van der Waals surface area contributed by atoms with Crippen LogP contribution in [0, 0.1) is 0 Å². The van der Waals surface area contributed by atoms with Crippen LogP contribution in [0.15, 0.2) is 0 Å². The third kappa shape index (κ3) is 162. The maximum Gasteiger partial charge on any atom is 0.394 e. The highest BCUT2D eigenvalue weighted by Gasteiger charge is 1.84. The summed E-state index contributed by atoms with van der Waals surface area (Å²) < 4.78 is 31.6. The zero-order valence-electron chi connectivity index (χ0n) is 5.06. The molecule has 0 atom stereocenters. The fourth-order valence-electron chi connectivity index (χ4n) is 0. The van der Waals surface area contributed by atoms with E-state index < -0.39 is 16.4 Å². The molecule has 70 valence electrons. The maximum absolute atomic E-state index is 9.24. The number of carboxylic acids is 1. The molecule has 0 fully saturated rings. The molecule has 0 saturated heterocycles. The topological polar surface area (TPSA) is 112 Å². The summed E-state index contributed by atoms with van der Waals surface area (Å²) in [6.45, 7) is 0. The van der Waals surface area contributed by atoms with Crippen LogP contribution in [-0.4, -0.2) is 34.5 Å². The van der Waals surface area contributed by atoms with Crippen molar-refractivity contribution in [1.29, 1.82) is 0 Å². The SMILES string of the molecule is O=C(O)CCl.O=S(=O)(O)O.S. The van der Waals surface area contributed by atoms with Gasteiger partial charge in [0, 0.05) is 0 Å². The second-order valence-electron chi connectivity index (χ2n) is 0.975. The van der Waals surface area contributed by atoms with Gasteiger partial charge < -0.3 is 5.11 Å². The van der Waals surface area contributed by atoms with Crippen LogP contribution in [0.2, 0.25) is 0 Å². The number of carboxylic acid groups (broad SMARTS) is 1. The molecule has 0 aliphatic heterocycles. The second kappa shape index (κ2) is 8.08. The Morgan fingerprint density at radius 2 is 1.45 bits per heavy atom. The van der Waals surface area contributed by atoms with Gasteiger partial charge in [-0.2, -0.15) is 21.9 Å². The van der Waals surface area contributed by atoms with Crippen molar-refractivity contribution < 1.29 is 27.4 Å². The average molecular weight is 227 g/mol. The Labute approximate surface area is 75.2 Å². The summed E-state index contributed by atoms with van der Waals surface area (Å²) >= 11 is 4.74. The van der Waals surface area contributed by atoms with Crippen LogP contribution < -0.4 is 0 Å². The monoisotopic (exact) mass is 226 g/mol. The predicted molar refractivity (Wildman–Crippen MR) is 42.9 cm³/mol. The molecule has 0 bridgehead atoms. The van der Waals surface area contributed by atoms with E-state index in [4.69, 9.17) is 34.2 Å². The first kappa shape index (κ1) is 17.2. The van der Waals surface area contributed by atoms with Gasteiger partial charge in [-0.15, -0.1) is 11.6 Å². The first-order chi connectivity index (χ1) is 4.27. The van der Waals surface area contributed by atoms with E-state index in [0.717, 1.165) is 0 Å². The zero-order chi connectivity index (χ0) is 8.78. The maximum atomic E-state index is 9.24. The van der Waals surface area contributed by atoms with E-state index in [-0.39, 0.29) is 19.4 Å². The van der Waals surface area contributed by atoms with Crippen LogP contribution in [0.5, 0.6) is 0 Å². The summed E-state index contributed by atoms with van der Waals surface area (Å²) in [5, 5.41) is 7.59. The van der Waals surface area contributed by atoms with E-state index in [1.807, 2.05) is 0 Å². The highest BCUT2D eigenvalue weighted by molar-refractivity contribution is 7.79. The molecule has 0 amide bonds. The predicted octanol–water partition coefficient (Wildman–Crippen LogP) is -0.230. The second-order valence-corrected chi connectivity index (χ2v) is 2.14. The van der Waals surface area contributed by atoms with E-state index in [1.165, 1.54) is 0 Å². The molecule has 3 N–H and O–H groups in total. The molecule has 0 aromatic heterocycles. The molecule has 0 aromatic carbocycles. The Kier molecular flexibility index (Phi) is 12.6. The van der Waals surface area contributed by atoms with Crippen molar-refractivity contribution in [2.75, 3.05) is 5.88 Å². The number of hydrogen-bond donors (Lipinski definition) is 3. The van der Waals surface area contributed by atoms with E-state index in [0.29, 0.717) is 0 Å². The van der Waals surface area contributed by atoms with Gasteiger partial charge >= 0.3 is 16.4 Å². The normalized spacial score (nSPS) is 8.64. The number of carbonyl (C=O) groups is 1. The minimum atomic E-state index is -4.67. The Bertz CT molecular complexity index is 177. The number of halogens is 1. The van der Waals surface area contributed by atoms with Gasteiger partial charge in [0.2, 0.25) is 0 Å². The lowest BCUT2D eigenvalue weighted by molar-refractivity contribution is -0.134. The van der Waals surface area contributed by atoms with Gasteiger partial charge in [0.15, 0.2) is 0 Å². The lowest BCUT2D eigenvalue weighted by atomic mass is 10.8. The minimum Gasteiger partial charge on any atom is -0.480 e. The average Bonchev–Trinajstić information content (AvgIpc) is 1.61. The Morgan fingerprint density at radius 3 is 1.45 bits per heavy atom. The van der Waals surface area contributed by atoms with Crippen LogP contribution in [0.25, 0.3) is 0 Å². The molecule has 6 nitrogen and oxygen atoms in total. The van der Waals surface area contributed by atoms with Crippen molar-refractivity contribution in [3.8, 4) is 0 Å². The smallest absolute Gasteiger partial charge is 0.394 e. The van der Waals surface area contributed by atoms with E-state index >= 15 is 0 Å². The highest BCUT2D eigenvalue weighted by atomic mass is 35.5. The highest BCUT2D eigenvalue weighted by Crippen LogP contribution is 1.67. The van der Waals surface area contributed by atoms with Gasteiger partial charge in [0.1, 0.15) is 5.88 Å². The van der Waals surface area contributed by atoms with Crippen molar-refractivity contribution in [1.82, 2.24) is 0 Å². The first-order valence-corrected chi connectivity index (χ1v) is 3.68. The summed E-state index contributed by atoms with van der Waals surface area (Å²) in [6.07, 6.45) is 0. The molecule has 11 heavy (non-hydrogen) atoms. The summed E-state index contributed by atoms with van der Waals surface area (Å²) in [4.78, 5) is 9.24. The molecular formula is C2H7ClO6S2. The van der Waals surface area contributed by atoms with Crippen LogP contribution in [0.1, 0.15) is 0 Å². The lowest BCUT2D eigenvalue weighted by Crippen LogP contribution is -1.92. The number of aliphatic carboxylic acids is 1. The van der Waals surface area contributed by atoms with Gasteiger partial charge in [-0.05, 0) is 0 Å².